The van der Waals surface area contributed by atoms with Crippen LogP contribution in [0.4, 0.5) is 0 Å². The van der Waals surface area contributed by atoms with E-state index in [1.165, 1.54) is 15.4 Å². The summed E-state index contributed by atoms with van der Waals surface area (Å²) in [7, 11) is 0. The third kappa shape index (κ3) is 5.45. The molecule has 0 spiro atoms. The summed E-state index contributed by atoms with van der Waals surface area (Å²) in [6, 6.07) is 13.8. The van der Waals surface area contributed by atoms with Crippen molar-refractivity contribution in [3.8, 4) is 0 Å². The molecule has 40 heavy (non-hydrogen) atoms. The van der Waals surface area contributed by atoms with Gasteiger partial charge in [0.1, 0.15) is 16.4 Å². The van der Waals surface area contributed by atoms with Gasteiger partial charge in [-0.25, -0.2) is 4.52 Å². The van der Waals surface area contributed by atoms with Gasteiger partial charge >= 0.3 is 0 Å². The Labute approximate surface area is 240 Å². The Morgan fingerprint density at radius 2 is 1.88 bits per heavy atom. The van der Waals surface area contributed by atoms with Crippen LogP contribution < -0.4 is 5.56 Å². The zero-order valence-electron chi connectivity index (χ0n) is 22.1. The highest BCUT2D eigenvalue weighted by Gasteiger charge is 2.41. The van der Waals surface area contributed by atoms with Gasteiger partial charge < -0.3 is 10.0 Å². The van der Waals surface area contributed by atoms with Crippen LogP contribution in [0.1, 0.15) is 36.4 Å². The average molecular weight is 607 g/mol. The quantitative estimate of drug-likeness (QED) is 0.360. The average Bonchev–Trinajstić information content (AvgIpc) is 3.36. The number of benzene rings is 1. The molecule has 0 radical (unpaired) electrons. The van der Waals surface area contributed by atoms with Gasteiger partial charge in [-0.1, -0.05) is 30.3 Å². The lowest BCUT2D eigenvalue weighted by Gasteiger charge is -2.43. The number of piperidine rings is 2. The molecule has 1 amide bonds. The number of carbonyl (C=O) groups excluding carboxylic acids is 1. The van der Waals surface area contributed by atoms with Gasteiger partial charge in [0.15, 0.2) is 0 Å². The van der Waals surface area contributed by atoms with E-state index in [9.17, 15) is 14.7 Å². The zero-order valence-corrected chi connectivity index (χ0v) is 23.7. The van der Waals surface area contributed by atoms with Crippen molar-refractivity contribution < 1.29 is 9.90 Å². The molecule has 0 aliphatic carbocycles. The number of likely N-dealkylation sites (tertiary alicyclic amines) is 2. The first-order valence-corrected chi connectivity index (χ1v) is 14.5. The molecule has 0 bridgehead atoms. The molecular weight excluding hydrogens is 574 g/mol. The summed E-state index contributed by atoms with van der Waals surface area (Å²) in [5, 5.41) is 15.7. The second-order valence-electron chi connectivity index (χ2n) is 10.9. The van der Waals surface area contributed by atoms with Crippen LogP contribution in [-0.4, -0.2) is 76.7 Å². The zero-order chi connectivity index (χ0) is 27.7. The first kappa shape index (κ1) is 26.8. The van der Waals surface area contributed by atoms with Crippen molar-refractivity contribution in [1.82, 2.24) is 33.9 Å². The fourth-order valence-electron chi connectivity index (χ4n) is 6.10. The summed E-state index contributed by atoms with van der Waals surface area (Å²) in [6.07, 6.45) is 8.22. The Morgan fingerprint density at radius 1 is 1.07 bits per heavy atom. The van der Waals surface area contributed by atoms with E-state index in [0.29, 0.717) is 42.6 Å². The Kier molecular flexibility index (Phi) is 7.52. The molecule has 4 aromatic rings. The van der Waals surface area contributed by atoms with Crippen LogP contribution in [-0.2, 0) is 17.9 Å². The monoisotopic (exact) mass is 605 g/mol. The lowest BCUT2D eigenvalue weighted by Crippen LogP contribution is -2.53. The Bertz CT molecular complexity index is 1530. The topological polar surface area (TPSA) is 109 Å². The number of nitrogens with zero attached hydrogens (tertiary/aromatic N) is 7. The second kappa shape index (κ2) is 11.2. The largest absolute Gasteiger partial charge is 0.388 e. The lowest BCUT2D eigenvalue weighted by molar-refractivity contribution is -0.142. The normalized spacial score (nSPS) is 21.5. The fraction of sp³-hybridized carbons (Fsp3) is 0.414. The van der Waals surface area contributed by atoms with Gasteiger partial charge in [-0.05, 0) is 59.4 Å². The van der Waals surface area contributed by atoms with Crippen LogP contribution in [0.3, 0.4) is 0 Å². The Balaban J connectivity index is 1.13. The predicted molar refractivity (Wildman–Crippen MR) is 153 cm³/mol. The third-order valence-corrected chi connectivity index (χ3v) is 8.91. The molecule has 2 aliphatic heterocycles. The molecule has 0 saturated carbocycles. The maximum atomic E-state index is 13.9. The molecule has 2 saturated heterocycles. The van der Waals surface area contributed by atoms with Crippen LogP contribution >= 0.6 is 15.9 Å². The van der Waals surface area contributed by atoms with Crippen molar-refractivity contribution in [2.24, 2.45) is 5.92 Å². The number of carbonyl (C=O) groups is 1. The van der Waals surface area contributed by atoms with E-state index < -0.39 is 5.60 Å². The SMILES string of the molecule is O=C([C@@H]1CCN(Cc2cnccn2)C[C@H]1c1ccccc1)N1CCC(O)(Cn2cnn3c(Br)ccc3c2=O)CC1. The third-order valence-electron chi connectivity index (χ3n) is 8.31. The maximum Gasteiger partial charge on any atom is 0.277 e. The fourth-order valence-corrected chi connectivity index (χ4v) is 6.51. The maximum absolute atomic E-state index is 13.9. The molecule has 1 aromatic carbocycles. The lowest BCUT2D eigenvalue weighted by atomic mass is 9.79. The van der Waals surface area contributed by atoms with E-state index in [-0.39, 0.29) is 29.8 Å². The second-order valence-corrected chi connectivity index (χ2v) is 11.7. The molecule has 11 heteroatoms. The van der Waals surface area contributed by atoms with E-state index in [4.69, 9.17) is 0 Å². The van der Waals surface area contributed by atoms with E-state index >= 15 is 0 Å². The van der Waals surface area contributed by atoms with Gasteiger partial charge in [-0.2, -0.15) is 5.10 Å². The summed E-state index contributed by atoms with van der Waals surface area (Å²) in [5.74, 6) is 0.0831. The van der Waals surface area contributed by atoms with E-state index in [1.54, 1.807) is 30.7 Å². The number of fused-ring (bicyclic) bond motifs is 1. The first-order valence-electron chi connectivity index (χ1n) is 13.7. The number of halogens is 1. The summed E-state index contributed by atoms with van der Waals surface area (Å²) < 4.78 is 3.70. The number of aliphatic hydroxyl groups is 1. The Morgan fingerprint density at radius 3 is 2.62 bits per heavy atom. The molecule has 1 N–H and O–H groups in total. The van der Waals surface area contributed by atoms with E-state index in [2.05, 4.69) is 48.0 Å². The van der Waals surface area contributed by atoms with Crippen molar-refractivity contribution >= 4 is 27.4 Å². The molecule has 5 heterocycles. The van der Waals surface area contributed by atoms with Crippen molar-refractivity contribution in [2.75, 3.05) is 26.2 Å². The van der Waals surface area contributed by atoms with E-state index in [0.717, 1.165) is 30.8 Å². The smallest absolute Gasteiger partial charge is 0.277 e. The summed E-state index contributed by atoms with van der Waals surface area (Å²) in [6.45, 7) is 3.34. The number of aromatic nitrogens is 5. The van der Waals surface area contributed by atoms with E-state index in [1.807, 2.05) is 23.1 Å². The first-order chi connectivity index (χ1) is 19.4. The summed E-state index contributed by atoms with van der Waals surface area (Å²) in [4.78, 5) is 39.7. The molecule has 2 fully saturated rings. The number of hydrogen-bond donors (Lipinski definition) is 1. The van der Waals surface area contributed by atoms with Crippen LogP contribution in [0.25, 0.3) is 5.52 Å². The highest BCUT2D eigenvalue weighted by molar-refractivity contribution is 9.10. The summed E-state index contributed by atoms with van der Waals surface area (Å²) in [5.41, 5.74) is 1.25. The molecular formula is C29H32BrN7O3. The highest BCUT2D eigenvalue weighted by Crippen LogP contribution is 2.36. The van der Waals surface area contributed by atoms with Crippen LogP contribution in [0.5, 0.6) is 0 Å². The van der Waals surface area contributed by atoms with Crippen LogP contribution in [0.2, 0.25) is 0 Å². The van der Waals surface area contributed by atoms with Crippen molar-refractivity contribution in [2.45, 2.75) is 43.9 Å². The summed E-state index contributed by atoms with van der Waals surface area (Å²) >= 11 is 3.38. The molecule has 3 aromatic heterocycles. The van der Waals surface area contributed by atoms with Crippen LogP contribution in [0, 0.1) is 5.92 Å². The number of amides is 1. The molecule has 0 unspecified atom stereocenters. The van der Waals surface area contributed by atoms with Gasteiger partial charge in [0.05, 0.1) is 17.8 Å². The van der Waals surface area contributed by atoms with Gasteiger partial charge in [0.25, 0.3) is 5.56 Å². The van der Waals surface area contributed by atoms with Crippen molar-refractivity contribution in [1.29, 1.82) is 0 Å². The minimum absolute atomic E-state index is 0.0673. The minimum Gasteiger partial charge on any atom is -0.388 e. The van der Waals surface area contributed by atoms with Crippen molar-refractivity contribution in [3.05, 3.63) is 93.6 Å². The molecule has 10 nitrogen and oxygen atoms in total. The predicted octanol–water partition coefficient (Wildman–Crippen LogP) is 2.71. The Hall–Kier alpha value is -3.41. The highest BCUT2D eigenvalue weighted by atomic mass is 79.9. The van der Waals surface area contributed by atoms with Crippen molar-refractivity contribution in [3.63, 3.8) is 0 Å². The standard InChI is InChI=1S/C29H32BrN7O3/c30-26-7-6-25-28(39)36(20-33-37(25)26)19-29(40)9-14-35(15-10-29)27(38)23-8-13-34(17-22-16-31-11-12-32-22)18-24(23)21-4-2-1-3-5-21/h1-7,11-12,16,20,23-24,40H,8-10,13-15,17-19H2/t23-,24+/m1/s1. The van der Waals surface area contributed by atoms with Gasteiger partial charge in [0.2, 0.25) is 5.91 Å². The molecule has 2 atom stereocenters. The van der Waals surface area contributed by atoms with Gasteiger partial charge in [-0.3, -0.25) is 29.0 Å². The molecule has 208 valence electrons. The molecule has 2 aliphatic rings. The van der Waals surface area contributed by atoms with Gasteiger partial charge in [0, 0.05) is 56.6 Å². The number of rotatable bonds is 6. The van der Waals surface area contributed by atoms with Gasteiger partial charge in [-0.15, -0.1) is 0 Å². The molecule has 6 rings (SSSR count). The number of hydrogen-bond acceptors (Lipinski definition) is 7. The minimum atomic E-state index is -1.08. The van der Waals surface area contributed by atoms with Crippen LogP contribution in [0.15, 0.2) is 76.8 Å².